The third-order valence-electron chi connectivity index (χ3n) is 14.9. The van der Waals surface area contributed by atoms with Crippen molar-refractivity contribution in [3.8, 4) is 0 Å². The number of carbonyl (C=O) groups excluding carboxylic acids is 1. The molecule has 0 aromatic heterocycles. The third-order valence-corrected chi connectivity index (χ3v) is 14.9. The lowest BCUT2D eigenvalue weighted by atomic mass is 9.37. The normalized spacial score (nSPS) is 50.8. The maximum atomic E-state index is 12.7. The Morgan fingerprint density at radius 1 is 1.02 bits per heavy atom. The predicted molar refractivity (Wildman–Crippen MR) is 164 cm³/mol. The maximum absolute atomic E-state index is 12.7. The first-order valence-electron chi connectivity index (χ1n) is 17.4. The zero-order chi connectivity index (χ0) is 31.5. The van der Waals surface area contributed by atoms with E-state index >= 15 is 0 Å². The molecule has 246 valence electrons. The molecular weight excluding hydrogens is 544 g/mol. The molecule has 1 aliphatic heterocycles. The van der Waals surface area contributed by atoms with Crippen molar-refractivity contribution in [2.75, 3.05) is 7.11 Å². The van der Waals surface area contributed by atoms with Crippen LogP contribution >= 0.6 is 0 Å². The van der Waals surface area contributed by atoms with Crippen LogP contribution in [0.25, 0.3) is 0 Å². The van der Waals surface area contributed by atoms with Crippen molar-refractivity contribution in [3.05, 3.63) is 0 Å². The molecule has 0 aromatic carbocycles. The summed E-state index contributed by atoms with van der Waals surface area (Å²) in [4.78, 5) is 12.7. The molecule has 6 rings (SSSR count). The van der Waals surface area contributed by atoms with E-state index in [2.05, 4.69) is 41.5 Å². The second-order valence-corrected chi connectivity index (χ2v) is 18.0. The van der Waals surface area contributed by atoms with Crippen LogP contribution in [0, 0.1) is 56.7 Å². The molecule has 7 nitrogen and oxygen atoms in total. The minimum absolute atomic E-state index is 0.0863. The monoisotopic (exact) mass is 604 g/mol. The summed E-state index contributed by atoms with van der Waals surface area (Å²) in [6, 6.07) is 0. The van der Waals surface area contributed by atoms with Crippen LogP contribution in [-0.2, 0) is 19.0 Å². The molecular formula is C36H60O7. The lowest BCUT2D eigenvalue weighted by Gasteiger charge is -2.68. The Hall–Kier alpha value is -0.730. The van der Waals surface area contributed by atoms with Gasteiger partial charge in [0.2, 0.25) is 0 Å². The summed E-state index contributed by atoms with van der Waals surface area (Å²) in [6.07, 6.45) is 7.27. The van der Waals surface area contributed by atoms with E-state index in [1.165, 1.54) is 12.8 Å². The third kappa shape index (κ3) is 4.33. The van der Waals surface area contributed by atoms with E-state index < -0.39 is 17.8 Å². The molecule has 0 unspecified atom stereocenters. The van der Waals surface area contributed by atoms with Gasteiger partial charge < -0.3 is 29.5 Å². The molecule has 7 heteroatoms. The first kappa shape index (κ1) is 32.2. The molecule has 6 aliphatic rings. The molecule has 0 spiro atoms. The van der Waals surface area contributed by atoms with E-state index in [9.17, 15) is 20.1 Å². The minimum Gasteiger partial charge on any atom is -0.462 e. The molecule has 13 atom stereocenters. The van der Waals surface area contributed by atoms with Gasteiger partial charge in [-0.3, -0.25) is 4.79 Å². The van der Waals surface area contributed by atoms with Gasteiger partial charge in [0.05, 0.1) is 17.8 Å². The number of rotatable bonds is 7. The van der Waals surface area contributed by atoms with Crippen molar-refractivity contribution in [2.45, 2.75) is 156 Å². The molecule has 5 aliphatic carbocycles. The maximum Gasteiger partial charge on any atom is 0.306 e. The first-order valence-corrected chi connectivity index (χ1v) is 17.4. The van der Waals surface area contributed by atoms with E-state index in [0.29, 0.717) is 30.6 Å². The second kappa shape index (κ2) is 10.1. The van der Waals surface area contributed by atoms with Crippen molar-refractivity contribution in [1.29, 1.82) is 0 Å². The van der Waals surface area contributed by atoms with Crippen molar-refractivity contribution >= 4 is 5.97 Å². The molecule has 0 aromatic rings. The molecule has 0 amide bonds. The standard InChI is InChI=1S/C36H60O7/c1-20(2)16-28(38)43-27-12-13-33(7)24-11-14-35-19-36(35,34(24,8)26(37)18-25(33)31(27,3)4)15-10-22(35)21-17-23(42-30(21)41-9)29(39)32(5,6)40/h20-27,29-30,37,39-40H,10-19H2,1-9H3/t21-,22-,23+,24+,25-,26+,27-,29-,30-,33+,34-,35+,36+/m0/s1. The van der Waals surface area contributed by atoms with Gasteiger partial charge in [0.25, 0.3) is 0 Å². The molecule has 6 fully saturated rings. The summed E-state index contributed by atoms with van der Waals surface area (Å²) in [5.74, 6) is 1.53. The largest absolute Gasteiger partial charge is 0.462 e. The van der Waals surface area contributed by atoms with Gasteiger partial charge in [-0.05, 0) is 112 Å². The molecule has 0 bridgehead atoms. The van der Waals surface area contributed by atoms with Crippen molar-refractivity contribution in [2.24, 2.45) is 56.7 Å². The molecule has 43 heavy (non-hydrogen) atoms. The van der Waals surface area contributed by atoms with Crippen molar-refractivity contribution in [3.63, 3.8) is 0 Å². The van der Waals surface area contributed by atoms with Crippen LogP contribution in [0.1, 0.15) is 120 Å². The Kier molecular flexibility index (Phi) is 7.59. The zero-order valence-electron chi connectivity index (χ0n) is 28.3. The van der Waals surface area contributed by atoms with Gasteiger partial charge in [0.15, 0.2) is 6.29 Å². The zero-order valence-corrected chi connectivity index (χ0v) is 28.3. The minimum atomic E-state index is -1.24. The highest BCUT2D eigenvalue weighted by atomic mass is 16.7. The van der Waals surface area contributed by atoms with Gasteiger partial charge in [-0.25, -0.2) is 0 Å². The molecule has 1 heterocycles. The Bertz CT molecular complexity index is 1100. The fourth-order valence-corrected chi connectivity index (χ4v) is 13.0. The Balaban J connectivity index is 1.25. The summed E-state index contributed by atoms with van der Waals surface area (Å²) in [7, 11) is 1.70. The van der Waals surface area contributed by atoms with Gasteiger partial charge in [-0.2, -0.15) is 0 Å². The van der Waals surface area contributed by atoms with Gasteiger partial charge in [0.1, 0.15) is 12.2 Å². The van der Waals surface area contributed by atoms with Crippen LogP contribution in [0.2, 0.25) is 0 Å². The Labute approximate surface area is 259 Å². The van der Waals surface area contributed by atoms with E-state index in [-0.39, 0.29) is 63.4 Å². The molecule has 0 radical (unpaired) electrons. The van der Waals surface area contributed by atoms with Crippen LogP contribution in [0.15, 0.2) is 0 Å². The van der Waals surface area contributed by atoms with Crippen LogP contribution in [0.5, 0.6) is 0 Å². The molecule has 1 saturated heterocycles. The van der Waals surface area contributed by atoms with Gasteiger partial charge >= 0.3 is 5.97 Å². The summed E-state index contributed by atoms with van der Waals surface area (Å²) in [6.45, 7) is 16.9. The number of esters is 1. The average Bonchev–Trinajstić information content (AvgIpc) is 3.23. The molecule has 3 N–H and O–H groups in total. The highest BCUT2D eigenvalue weighted by Gasteiger charge is 2.86. The quantitative estimate of drug-likeness (QED) is 0.313. The predicted octanol–water partition coefficient (Wildman–Crippen LogP) is 5.86. The van der Waals surface area contributed by atoms with E-state index in [1.54, 1.807) is 21.0 Å². The van der Waals surface area contributed by atoms with E-state index in [1.807, 2.05) is 0 Å². The summed E-state index contributed by atoms with van der Waals surface area (Å²) >= 11 is 0. The number of hydrogen-bond acceptors (Lipinski definition) is 7. The SMILES string of the molecule is CO[C@H]1O[C@@H]([C@H](O)C(C)(C)O)C[C@H]1[C@@H]1CC[C@]23C[C@]12CC[C@@H]1[C@@]2(C)CC[C@H](OC(=O)CC(C)C)C(C)(C)[C@@H]2C[C@@H](O)[C@]13C. The van der Waals surface area contributed by atoms with Crippen molar-refractivity contribution in [1.82, 2.24) is 0 Å². The lowest BCUT2D eigenvalue weighted by molar-refractivity contribution is -0.246. The number of ether oxygens (including phenoxy) is 3. The first-order chi connectivity index (χ1) is 19.9. The van der Waals surface area contributed by atoms with Crippen LogP contribution in [-0.4, -0.2) is 64.7 Å². The topological polar surface area (TPSA) is 105 Å². The summed E-state index contributed by atoms with van der Waals surface area (Å²) < 4.78 is 18.3. The van der Waals surface area contributed by atoms with Crippen LogP contribution in [0.4, 0.5) is 0 Å². The smallest absolute Gasteiger partial charge is 0.306 e. The summed E-state index contributed by atoms with van der Waals surface area (Å²) in [5.41, 5.74) is -1.20. The lowest BCUT2D eigenvalue weighted by Crippen LogP contribution is -2.66. The van der Waals surface area contributed by atoms with Crippen molar-refractivity contribution < 1.29 is 34.3 Å². The van der Waals surface area contributed by atoms with E-state index in [0.717, 1.165) is 38.5 Å². The number of fused-ring (bicyclic) bond motifs is 3. The number of aliphatic hydroxyl groups excluding tert-OH is 2. The highest BCUT2D eigenvalue weighted by Crippen LogP contribution is 2.91. The Morgan fingerprint density at radius 3 is 2.35 bits per heavy atom. The fourth-order valence-electron chi connectivity index (χ4n) is 13.0. The van der Waals surface area contributed by atoms with E-state index in [4.69, 9.17) is 14.2 Å². The van der Waals surface area contributed by atoms with Gasteiger partial charge in [0, 0.05) is 30.3 Å². The molecule has 5 saturated carbocycles. The van der Waals surface area contributed by atoms with Gasteiger partial charge in [-0.1, -0.05) is 41.5 Å². The number of methoxy groups -OCH3 is 1. The van der Waals surface area contributed by atoms with Crippen LogP contribution < -0.4 is 0 Å². The number of aliphatic hydroxyl groups is 3. The fraction of sp³-hybridized carbons (Fsp3) is 0.972. The second-order valence-electron chi connectivity index (χ2n) is 18.0. The summed E-state index contributed by atoms with van der Waals surface area (Å²) in [5, 5.41) is 33.7. The van der Waals surface area contributed by atoms with Crippen LogP contribution in [0.3, 0.4) is 0 Å². The number of hydrogen-bond donors (Lipinski definition) is 3. The average molecular weight is 605 g/mol. The van der Waals surface area contributed by atoms with Gasteiger partial charge in [-0.15, -0.1) is 0 Å². The highest BCUT2D eigenvalue weighted by molar-refractivity contribution is 5.69. The number of carbonyl (C=O) groups is 1. The Morgan fingerprint density at radius 2 is 1.72 bits per heavy atom.